The Morgan fingerprint density at radius 3 is 2.40 bits per heavy atom. The molecule has 3 aromatic rings. The molecule has 0 saturated carbocycles. The van der Waals surface area contributed by atoms with Crippen molar-refractivity contribution in [3.63, 3.8) is 0 Å². The molecule has 0 aliphatic carbocycles. The van der Waals surface area contributed by atoms with Gasteiger partial charge in [-0.25, -0.2) is 9.97 Å². The maximum atomic E-state index is 6.00. The molecule has 4 rings (SSSR count). The van der Waals surface area contributed by atoms with Gasteiger partial charge in [0, 0.05) is 17.4 Å². The molecule has 8 heteroatoms. The van der Waals surface area contributed by atoms with E-state index in [4.69, 9.17) is 10.2 Å². The highest BCUT2D eigenvalue weighted by Crippen LogP contribution is 2.27. The number of aromatic nitrogens is 4. The summed E-state index contributed by atoms with van der Waals surface area (Å²) in [6, 6.07) is 7.90. The van der Waals surface area contributed by atoms with Crippen molar-refractivity contribution in [1.82, 2.24) is 25.5 Å². The highest BCUT2D eigenvalue weighted by molar-refractivity contribution is 9.08. The molecule has 3 N–H and O–H groups in total. The number of anilines is 1. The molecular weight excluding hydrogens is 444 g/mol. The summed E-state index contributed by atoms with van der Waals surface area (Å²) < 4.78 is 5.80. The average Bonchev–Trinajstić information content (AvgIpc) is 3.33. The third-order valence-electron chi connectivity index (χ3n) is 4.18. The minimum absolute atomic E-state index is 0.269. The van der Waals surface area contributed by atoms with Gasteiger partial charge in [0.05, 0.1) is 11.9 Å². The molecule has 1 aliphatic rings. The van der Waals surface area contributed by atoms with Gasteiger partial charge in [-0.1, -0.05) is 61.8 Å². The van der Waals surface area contributed by atoms with Gasteiger partial charge in [0.2, 0.25) is 5.89 Å². The number of hydrogen-bond acceptors (Lipinski definition) is 7. The Kier molecular flexibility index (Phi) is 9.63. The molecule has 0 radical (unpaired) electrons. The van der Waals surface area contributed by atoms with Crippen molar-refractivity contribution in [1.29, 1.82) is 0 Å². The number of rotatable bonds is 4. The van der Waals surface area contributed by atoms with Crippen LogP contribution in [0.2, 0.25) is 0 Å². The summed E-state index contributed by atoms with van der Waals surface area (Å²) >= 11 is 3.43. The first-order chi connectivity index (χ1) is 14.7. The summed E-state index contributed by atoms with van der Waals surface area (Å²) in [5.74, 6) is 0.966. The Labute approximate surface area is 186 Å². The van der Waals surface area contributed by atoms with E-state index in [0.717, 1.165) is 41.7 Å². The number of hydrogen-bond donors (Lipinski definition) is 2. The molecule has 7 nitrogen and oxygen atoms in total. The van der Waals surface area contributed by atoms with Gasteiger partial charge in [0.25, 0.3) is 5.89 Å². The van der Waals surface area contributed by atoms with Crippen LogP contribution in [0, 0.1) is 0 Å². The molecule has 1 aliphatic heterocycles. The summed E-state index contributed by atoms with van der Waals surface area (Å²) in [5.41, 5.74) is 10.4. The molecule has 0 unspecified atom stereocenters. The highest BCUT2D eigenvalue weighted by Gasteiger charge is 2.18. The van der Waals surface area contributed by atoms with Crippen LogP contribution >= 0.6 is 15.9 Å². The molecule has 0 saturated heterocycles. The molecule has 30 heavy (non-hydrogen) atoms. The van der Waals surface area contributed by atoms with Crippen LogP contribution in [-0.4, -0.2) is 33.3 Å². The van der Waals surface area contributed by atoms with E-state index in [9.17, 15) is 0 Å². The summed E-state index contributed by atoms with van der Waals surface area (Å²) in [6.45, 7) is 9.74. The Hall–Kier alpha value is -2.58. The Morgan fingerprint density at radius 2 is 1.77 bits per heavy atom. The molecular formula is C22H29BrN6O. The van der Waals surface area contributed by atoms with Crippen molar-refractivity contribution in [2.24, 2.45) is 0 Å². The van der Waals surface area contributed by atoms with Crippen molar-refractivity contribution in [3.8, 4) is 23.0 Å². The fraction of sp³-hybridized carbons (Fsp3) is 0.364. The summed E-state index contributed by atoms with van der Waals surface area (Å²) in [7, 11) is 0. The Bertz CT molecular complexity index is 953. The smallest absolute Gasteiger partial charge is 0.270 e. The van der Waals surface area contributed by atoms with E-state index in [-0.39, 0.29) is 11.7 Å². The van der Waals surface area contributed by atoms with E-state index in [0.29, 0.717) is 11.6 Å². The second kappa shape index (κ2) is 12.2. The van der Waals surface area contributed by atoms with E-state index in [1.165, 1.54) is 5.56 Å². The number of nitrogen functional groups attached to an aromatic ring is 1. The maximum absolute atomic E-state index is 6.00. The third-order valence-corrected chi connectivity index (χ3v) is 4.82. The average molecular weight is 473 g/mol. The predicted molar refractivity (Wildman–Crippen MR) is 126 cm³/mol. The van der Waals surface area contributed by atoms with Crippen molar-refractivity contribution in [3.05, 3.63) is 47.8 Å². The monoisotopic (exact) mass is 472 g/mol. The van der Waals surface area contributed by atoms with Gasteiger partial charge in [-0.3, -0.25) is 0 Å². The van der Waals surface area contributed by atoms with Gasteiger partial charge in [0.15, 0.2) is 11.5 Å². The quantitative estimate of drug-likeness (QED) is 0.508. The molecule has 160 valence electrons. The summed E-state index contributed by atoms with van der Waals surface area (Å²) in [5, 5.41) is 12.3. The SMILES string of the molecule is CC.CC.Nc1ncc(C2=CCNCC2)nc1-c1nnc(-c2ccc(CBr)cc2)o1. The second-order valence-electron chi connectivity index (χ2n) is 5.92. The predicted octanol–water partition coefficient (Wildman–Crippen LogP) is 5.10. The van der Waals surface area contributed by atoms with Crippen LogP contribution in [0.4, 0.5) is 5.82 Å². The lowest BCUT2D eigenvalue weighted by Crippen LogP contribution is -2.20. The zero-order valence-electron chi connectivity index (χ0n) is 17.9. The minimum atomic E-state index is 0.269. The maximum Gasteiger partial charge on any atom is 0.270 e. The highest BCUT2D eigenvalue weighted by atomic mass is 79.9. The molecule has 0 fully saturated rings. The third kappa shape index (κ3) is 5.73. The van der Waals surface area contributed by atoms with Crippen molar-refractivity contribution < 1.29 is 4.42 Å². The largest absolute Gasteiger partial charge is 0.414 e. The summed E-state index contributed by atoms with van der Waals surface area (Å²) in [6.07, 6.45) is 4.69. The van der Waals surface area contributed by atoms with E-state index >= 15 is 0 Å². The lowest BCUT2D eigenvalue weighted by Gasteiger charge is -2.13. The van der Waals surface area contributed by atoms with E-state index in [1.807, 2.05) is 52.0 Å². The van der Waals surface area contributed by atoms with Gasteiger partial charge < -0.3 is 15.5 Å². The van der Waals surface area contributed by atoms with Gasteiger partial charge in [-0.2, -0.15) is 0 Å². The standard InChI is InChI=1S/C18H17BrN6O.2C2H6/c19-9-11-1-3-13(4-2-11)17-24-25-18(26-17)15-16(20)22-10-14(23-15)12-5-7-21-8-6-12;2*1-2/h1-5,10,21H,6-9H2,(H2,20,22);2*1-2H3. The molecule has 0 bridgehead atoms. The first-order valence-electron chi connectivity index (χ1n) is 10.3. The number of halogens is 1. The molecule has 0 amide bonds. The minimum Gasteiger partial charge on any atom is -0.414 e. The van der Waals surface area contributed by atoms with E-state index < -0.39 is 0 Å². The van der Waals surface area contributed by atoms with Crippen molar-refractivity contribution >= 4 is 27.3 Å². The fourth-order valence-corrected chi connectivity index (χ4v) is 3.11. The molecule has 0 spiro atoms. The normalized spacial score (nSPS) is 12.8. The first-order valence-corrected chi connectivity index (χ1v) is 11.4. The van der Waals surface area contributed by atoms with Crippen LogP contribution < -0.4 is 11.1 Å². The molecule has 2 aromatic heterocycles. The lowest BCUT2D eigenvalue weighted by atomic mass is 10.1. The topological polar surface area (TPSA) is 103 Å². The lowest BCUT2D eigenvalue weighted by molar-refractivity contribution is 0.582. The Morgan fingerprint density at radius 1 is 1.07 bits per heavy atom. The van der Waals surface area contributed by atoms with Crippen LogP contribution in [0.25, 0.3) is 28.6 Å². The number of alkyl halides is 1. The Balaban J connectivity index is 0.000000757. The number of nitrogens with one attached hydrogen (secondary N) is 1. The van der Waals surface area contributed by atoms with Gasteiger partial charge >= 0.3 is 0 Å². The molecule has 0 atom stereocenters. The zero-order valence-corrected chi connectivity index (χ0v) is 19.5. The van der Waals surface area contributed by atoms with E-state index in [1.54, 1.807) is 6.20 Å². The van der Waals surface area contributed by atoms with Crippen LogP contribution in [0.15, 0.2) is 41.0 Å². The first kappa shape index (κ1) is 23.7. The number of benzene rings is 1. The fourth-order valence-electron chi connectivity index (χ4n) is 2.74. The zero-order chi connectivity index (χ0) is 21.9. The van der Waals surface area contributed by atoms with Gasteiger partial charge in [-0.05, 0) is 36.2 Å². The number of nitrogens with two attached hydrogens (primary N) is 1. The van der Waals surface area contributed by atoms with E-state index in [2.05, 4.69) is 47.5 Å². The van der Waals surface area contributed by atoms with Crippen molar-refractivity contribution in [2.45, 2.75) is 39.4 Å². The van der Waals surface area contributed by atoms with Gasteiger partial charge in [-0.15, -0.1) is 10.2 Å². The second-order valence-corrected chi connectivity index (χ2v) is 6.48. The van der Waals surface area contributed by atoms with Crippen molar-refractivity contribution in [2.75, 3.05) is 18.8 Å². The molecule has 3 heterocycles. The van der Waals surface area contributed by atoms with Crippen LogP contribution in [0.5, 0.6) is 0 Å². The molecule has 1 aromatic carbocycles. The van der Waals surface area contributed by atoms with Gasteiger partial charge in [0.1, 0.15) is 0 Å². The van der Waals surface area contributed by atoms with Crippen LogP contribution in [0.3, 0.4) is 0 Å². The number of nitrogens with zero attached hydrogens (tertiary/aromatic N) is 4. The van der Waals surface area contributed by atoms with Crippen LogP contribution in [-0.2, 0) is 5.33 Å². The summed E-state index contributed by atoms with van der Waals surface area (Å²) in [4.78, 5) is 8.87. The van der Waals surface area contributed by atoms with Crippen LogP contribution in [0.1, 0.15) is 45.4 Å².